The first kappa shape index (κ1) is 23.3. The predicted molar refractivity (Wildman–Crippen MR) is 122 cm³/mol. The lowest BCUT2D eigenvalue weighted by atomic mass is 9.96. The molecule has 1 aliphatic heterocycles. The summed E-state index contributed by atoms with van der Waals surface area (Å²) in [7, 11) is -2.29. The van der Waals surface area contributed by atoms with Crippen LogP contribution < -0.4 is 10.1 Å². The first-order chi connectivity index (χ1) is 14.6. The number of aryl methyl sites for hydroxylation is 3. The minimum Gasteiger partial charge on any atom is -0.495 e. The summed E-state index contributed by atoms with van der Waals surface area (Å²) < 4.78 is 33.2. The number of rotatable bonds is 6. The Balaban J connectivity index is 1.88. The van der Waals surface area contributed by atoms with Gasteiger partial charge in [0.1, 0.15) is 10.6 Å². The maximum absolute atomic E-state index is 13.2. The van der Waals surface area contributed by atoms with Crippen LogP contribution in [0.15, 0.2) is 35.2 Å². The summed E-state index contributed by atoms with van der Waals surface area (Å²) in [5.41, 5.74) is 4.83. The van der Waals surface area contributed by atoms with Crippen molar-refractivity contribution in [3.8, 4) is 5.75 Å². The number of nitrogens with zero attached hydrogens (tertiary/aromatic N) is 1. The van der Waals surface area contributed by atoms with E-state index in [1.165, 1.54) is 28.6 Å². The topological polar surface area (TPSA) is 75.7 Å². The molecule has 7 heteroatoms. The van der Waals surface area contributed by atoms with Crippen LogP contribution in [-0.4, -0.2) is 38.8 Å². The molecule has 1 N–H and O–H groups in total. The van der Waals surface area contributed by atoms with E-state index in [4.69, 9.17) is 4.74 Å². The fourth-order valence-electron chi connectivity index (χ4n) is 4.07. The highest BCUT2D eigenvalue weighted by molar-refractivity contribution is 7.89. The molecule has 0 spiro atoms. The summed E-state index contributed by atoms with van der Waals surface area (Å²) in [6.45, 7) is 9.06. The zero-order valence-corrected chi connectivity index (χ0v) is 19.8. The molecule has 0 aromatic heterocycles. The van der Waals surface area contributed by atoms with Crippen LogP contribution in [0.25, 0.3) is 0 Å². The van der Waals surface area contributed by atoms with Gasteiger partial charge in [0.25, 0.3) is 5.91 Å². The van der Waals surface area contributed by atoms with Crippen LogP contribution in [0.4, 0.5) is 0 Å². The van der Waals surface area contributed by atoms with Crippen LogP contribution in [0.1, 0.15) is 64.8 Å². The Kier molecular flexibility index (Phi) is 7.06. The van der Waals surface area contributed by atoms with E-state index >= 15 is 0 Å². The first-order valence-electron chi connectivity index (χ1n) is 10.7. The van der Waals surface area contributed by atoms with E-state index in [1.807, 2.05) is 20.8 Å². The molecule has 1 aliphatic rings. The Morgan fingerprint density at radius 2 is 1.65 bits per heavy atom. The number of benzene rings is 2. The van der Waals surface area contributed by atoms with Crippen LogP contribution in [0, 0.1) is 20.8 Å². The number of carbonyl (C=O) groups excluding carboxylic acids is 1. The molecule has 168 valence electrons. The number of amides is 1. The minimum absolute atomic E-state index is 0.0413. The SMILES string of the molecule is COc1ccc(C(=O)N[C@@H](C)c2cc(C)c(C)cc2C)cc1S(=O)(=O)N1CCCCC1. The molecule has 0 saturated carbocycles. The molecule has 2 aromatic carbocycles. The number of ether oxygens (including phenoxy) is 1. The second-order valence-electron chi connectivity index (χ2n) is 8.32. The molecule has 6 nitrogen and oxygen atoms in total. The van der Waals surface area contributed by atoms with Crippen molar-refractivity contribution in [3.05, 3.63) is 58.1 Å². The van der Waals surface area contributed by atoms with Gasteiger partial charge in [-0.3, -0.25) is 4.79 Å². The van der Waals surface area contributed by atoms with E-state index in [2.05, 4.69) is 24.4 Å². The minimum atomic E-state index is -3.73. The molecule has 31 heavy (non-hydrogen) atoms. The van der Waals surface area contributed by atoms with Crippen molar-refractivity contribution >= 4 is 15.9 Å². The third-order valence-electron chi connectivity index (χ3n) is 6.06. The van der Waals surface area contributed by atoms with Gasteiger partial charge in [0, 0.05) is 18.7 Å². The van der Waals surface area contributed by atoms with Crippen LogP contribution >= 0.6 is 0 Å². The van der Waals surface area contributed by atoms with E-state index in [9.17, 15) is 13.2 Å². The maximum Gasteiger partial charge on any atom is 0.251 e. The Labute approximate surface area is 185 Å². The molecule has 1 heterocycles. The Bertz CT molecular complexity index is 1070. The number of hydrogen-bond donors (Lipinski definition) is 1. The number of hydrogen-bond acceptors (Lipinski definition) is 4. The maximum atomic E-state index is 13.2. The summed E-state index contributed by atoms with van der Waals surface area (Å²) in [5, 5.41) is 3.01. The second kappa shape index (κ2) is 9.40. The molecule has 0 radical (unpaired) electrons. The van der Waals surface area contributed by atoms with Crippen molar-refractivity contribution in [1.82, 2.24) is 9.62 Å². The molecule has 1 fully saturated rings. The number of carbonyl (C=O) groups is 1. The van der Waals surface area contributed by atoms with Gasteiger partial charge in [0.15, 0.2) is 0 Å². The average Bonchev–Trinajstić information content (AvgIpc) is 2.76. The monoisotopic (exact) mass is 444 g/mol. The van der Waals surface area contributed by atoms with Crippen LogP contribution in [0.3, 0.4) is 0 Å². The first-order valence-corrected chi connectivity index (χ1v) is 12.2. The van der Waals surface area contributed by atoms with Crippen molar-refractivity contribution in [2.75, 3.05) is 20.2 Å². The third kappa shape index (κ3) is 4.93. The zero-order valence-electron chi connectivity index (χ0n) is 19.0. The van der Waals surface area contributed by atoms with E-state index in [1.54, 1.807) is 12.1 Å². The molecule has 0 aliphatic carbocycles. The Hall–Kier alpha value is -2.38. The van der Waals surface area contributed by atoms with Crippen LogP contribution in [-0.2, 0) is 10.0 Å². The van der Waals surface area contributed by atoms with E-state index in [0.29, 0.717) is 18.7 Å². The smallest absolute Gasteiger partial charge is 0.251 e. The van der Waals surface area contributed by atoms with Crippen molar-refractivity contribution in [2.24, 2.45) is 0 Å². The second-order valence-corrected chi connectivity index (χ2v) is 10.2. The lowest BCUT2D eigenvalue weighted by molar-refractivity contribution is 0.0939. The number of methoxy groups -OCH3 is 1. The average molecular weight is 445 g/mol. The number of sulfonamides is 1. The summed E-state index contributed by atoms with van der Waals surface area (Å²) in [5.74, 6) is -0.0666. The quantitative estimate of drug-likeness (QED) is 0.721. The van der Waals surface area contributed by atoms with Gasteiger partial charge in [-0.25, -0.2) is 8.42 Å². The predicted octanol–water partition coefficient (Wildman–Crippen LogP) is 4.29. The van der Waals surface area contributed by atoms with Crippen LogP contribution in [0.2, 0.25) is 0 Å². The van der Waals surface area contributed by atoms with E-state index < -0.39 is 10.0 Å². The van der Waals surface area contributed by atoms with E-state index in [0.717, 1.165) is 30.4 Å². The van der Waals surface area contributed by atoms with Gasteiger partial charge in [-0.1, -0.05) is 18.6 Å². The molecular weight excluding hydrogens is 412 g/mol. The molecule has 1 saturated heterocycles. The standard InChI is InChI=1S/C24H32N2O4S/c1-16-13-18(3)21(14-17(16)2)19(4)25-24(27)20-9-10-22(30-5)23(15-20)31(28,29)26-11-7-6-8-12-26/h9-10,13-15,19H,6-8,11-12H2,1-5H3,(H,25,27)/t19-/m0/s1. The zero-order chi connectivity index (χ0) is 22.8. The molecule has 3 rings (SSSR count). The van der Waals surface area contributed by atoms with Gasteiger partial charge >= 0.3 is 0 Å². The summed E-state index contributed by atoms with van der Waals surface area (Å²) >= 11 is 0. The number of nitrogens with one attached hydrogen (secondary N) is 1. The van der Waals surface area contributed by atoms with Gasteiger partial charge in [-0.15, -0.1) is 0 Å². The molecule has 1 amide bonds. The van der Waals surface area contributed by atoms with Crippen molar-refractivity contribution in [1.29, 1.82) is 0 Å². The molecule has 2 aromatic rings. The van der Waals surface area contributed by atoms with Crippen molar-refractivity contribution in [2.45, 2.75) is 57.9 Å². The van der Waals surface area contributed by atoms with Gasteiger partial charge in [-0.05, 0) is 81.0 Å². The van der Waals surface area contributed by atoms with Gasteiger partial charge < -0.3 is 10.1 Å². The Morgan fingerprint density at radius 1 is 1.00 bits per heavy atom. The molecular formula is C24H32N2O4S. The highest BCUT2D eigenvalue weighted by Crippen LogP contribution is 2.30. The van der Waals surface area contributed by atoms with Gasteiger partial charge in [0.2, 0.25) is 10.0 Å². The van der Waals surface area contributed by atoms with Crippen molar-refractivity contribution < 1.29 is 17.9 Å². The van der Waals surface area contributed by atoms with Crippen molar-refractivity contribution in [3.63, 3.8) is 0 Å². The largest absolute Gasteiger partial charge is 0.495 e. The van der Waals surface area contributed by atoms with Gasteiger partial charge in [-0.2, -0.15) is 4.31 Å². The normalized spacial score (nSPS) is 16.0. The number of piperidine rings is 1. The highest BCUT2D eigenvalue weighted by Gasteiger charge is 2.30. The highest BCUT2D eigenvalue weighted by atomic mass is 32.2. The molecule has 1 atom stereocenters. The lowest BCUT2D eigenvalue weighted by Gasteiger charge is -2.26. The summed E-state index contributed by atoms with van der Waals surface area (Å²) in [6, 6.07) is 8.58. The lowest BCUT2D eigenvalue weighted by Crippen LogP contribution is -2.36. The summed E-state index contributed by atoms with van der Waals surface area (Å²) in [4.78, 5) is 13.0. The molecule has 0 bridgehead atoms. The third-order valence-corrected chi connectivity index (χ3v) is 7.97. The fraction of sp³-hybridized carbons (Fsp3) is 0.458. The fourth-order valence-corrected chi connectivity index (χ4v) is 5.77. The van der Waals surface area contributed by atoms with E-state index in [-0.39, 0.29) is 22.6 Å². The summed E-state index contributed by atoms with van der Waals surface area (Å²) in [6.07, 6.45) is 2.71. The van der Waals surface area contributed by atoms with Gasteiger partial charge in [0.05, 0.1) is 13.2 Å². The molecule has 0 unspecified atom stereocenters. The Morgan fingerprint density at radius 3 is 2.29 bits per heavy atom. The van der Waals surface area contributed by atoms with Crippen LogP contribution in [0.5, 0.6) is 5.75 Å².